The van der Waals surface area contributed by atoms with Crippen molar-refractivity contribution in [3.05, 3.63) is 0 Å². The number of nitrogens with one attached hydrogen (secondary N) is 1. The second-order valence-electron chi connectivity index (χ2n) is 5.10. The third-order valence-electron chi connectivity index (χ3n) is 3.13. The number of unbranched alkanes of at least 4 members (excludes halogenated alkanes) is 6. The van der Waals surface area contributed by atoms with Gasteiger partial charge in [-0.1, -0.05) is 52.4 Å². The van der Waals surface area contributed by atoms with Gasteiger partial charge in [-0.2, -0.15) is 0 Å². The molecule has 0 saturated heterocycles. The van der Waals surface area contributed by atoms with Crippen molar-refractivity contribution in [3.63, 3.8) is 0 Å². The fourth-order valence-electron chi connectivity index (χ4n) is 1.88. The summed E-state index contributed by atoms with van der Waals surface area (Å²) in [4.78, 5) is 0. The van der Waals surface area contributed by atoms with Gasteiger partial charge in [0.25, 0.3) is 0 Å². The first-order valence-corrected chi connectivity index (χ1v) is 8.28. The van der Waals surface area contributed by atoms with E-state index in [4.69, 9.17) is 9.47 Å². The monoisotopic (exact) mass is 273 g/mol. The molecule has 0 saturated carbocycles. The summed E-state index contributed by atoms with van der Waals surface area (Å²) in [5.74, 6) is 0. The van der Waals surface area contributed by atoms with E-state index in [1.165, 1.54) is 51.4 Å². The Hall–Kier alpha value is -0.120. The molecule has 0 unspecified atom stereocenters. The molecule has 116 valence electrons. The molecule has 1 N–H and O–H groups in total. The van der Waals surface area contributed by atoms with Crippen LogP contribution in [0.3, 0.4) is 0 Å². The lowest BCUT2D eigenvalue weighted by Gasteiger charge is -2.07. The van der Waals surface area contributed by atoms with Crippen molar-refractivity contribution in [1.82, 2.24) is 5.32 Å². The molecule has 3 nitrogen and oxygen atoms in total. The van der Waals surface area contributed by atoms with Crippen LogP contribution in [-0.2, 0) is 9.47 Å². The molecule has 0 fully saturated rings. The van der Waals surface area contributed by atoms with Crippen LogP contribution < -0.4 is 5.32 Å². The van der Waals surface area contributed by atoms with Crippen molar-refractivity contribution >= 4 is 0 Å². The van der Waals surface area contributed by atoms with Crippen molar-refractivity contribution in [2.45, 2.75) is 65.2 Å². The Bertz CT molecular complexity index is 138. The first-order chi connectivity index (χ1) is 9.41. The molecule has 0 rings (SSSR count). The zero-order valence-electron chi connectivity index (χ0n) is 13.2. The second-order valence-corrected chi connectivity index (χ2v) is 5.10. The first kappa shape index (κ1) is 18.9. The summed E-state index contributed by atoms with van der Waals surface area (Å²) in [6.45, 7) is 9.81. The van der Waals surface area contributed by atoms with Crippen LogP contribution in [0.15, 0.2) is 0 Å². The highest BCUT2D eigenvalue weighted by Crippen LogP contribution is 1.99. The Labute approximate surface area is 120 Å². The summed E-state index contributed by atoms with van der Waals surface area (Å²) in [5, 5.41) is 3.34. The summed E-state index contributed by atoms with van der Waals surface area (Å²) in [6, 6.07) is 0. The minimum atomic E-state index is 0.822. The van der Waals surface area contributed by atoms with Gasteiger partial charge in [-0.25, -0.2) is 0 Å². The summed E-state index contributed by atoms with van der Waals surface area (Å²) in [5.41, 5.74) is 0. The van der Waals surface area contributed by atoms with Gasteiger partial charge in [-0.05, 0) is 12.8 Å². The van der Waals surface area contributed by atoms with Gasteiger partial charge in [-0.15, -0.1) is 0 Å². The fourth-order valence-corrected chi connectivity index (χ4v) is 1.88. The molecule has 0 aliphatic carbocycles. The lowest BCUT2D eigenvalue weighted by atomic mass is 10.2. The van der Waals surface area contributed by atoms with E-state index in [0.717, 1.165) is 39.5 Å². The van der Waals surface area contributed by atoms with Gasteiger partial charge < -0.3 is 14.8 Å². The van der Waals surface area contributed by atoms with E-state index in [1.54, 1.807) is 0 Å². The summed E-state index contributed by atoms with van der Waals surface area (Å²) >= 11 is 0. The average Bonchev–Trinajstić information content (AvgIpc) is 2.43. The van der Waals surface area contributed by atoms with Crippen LogP contribution in [0, 0.1) is 0 Å². The standard InChI is InChI=1S/C16H35NO2/c1-3-5-7-9-13-18-15-11-17-12-16-19-14-10-8-6-4-2/h17H,3-16H2,1-2H3. The molecule has 0 aromatic rings. The predicted octanol–water partition coefficient (Wildman–Crippen LogP) is 3.77. The topological polar surface area (TPSA) is 30.5 Å². The molecule has 0 spiro atoms. The molecular formula is C16H35NO2. The smallest absolute Gasteiger partial charge is 0.0590 e. The van der Waals surface area contributed by atoms with Gasteiger partial charge in [0.1, 0.15) is 0 Å². The maximum absolute atomic E-state index is 5.55. The van der Waals surface area contributed by atoms with E-state index < -0.39 is 0 Å². The number of hydrogen-bond donors (Lipinski definition) is 1. The van der Waals surface area contributed by atoms with Gasteiger partial charge >= 0.3 is 0 Å². The Morgan fingerprint density at radius 2 is 1.05 bits per heavy atom. The van der Waals surface area contributed by atoms with Crippen molar-refractivity contribution in [2.24, 2.45) is 0 Å². The van der Waals surface area contributed by atoms with Crippen LogP contribution in [0.5, 0.6) is 0 Å². The third-order valence-corrected chi connectivity index (χ3v) is 3.13. The van der Waals surface area contributed by atoms with Gasteiger partial charge in [0.15, 0.2) is 0 Å². The number of rotatable bonds is 16. The van der Waals surface area contributed by atoms with Crippen molar-refractivity contribution in [3.8, 4) is 0 Å². The Morgan fingerprint density at radius 1 is 0.579 bits per heavy atom. The molecule has 19 heavy (non-hydrogen) atoms. The minimum Gasteiger partial charge on any atom is -0.380 e. The molecule has 3 heteroatoms. The van der Waals surface area contributed by atoms with Crippen LogP contribution in [-0.4, -0.2) is 39.5 Å². The minimum absolute atomic E-state index is 0.822. The predicted molar refractivity (Wildman–Crippen MR) is 82.8 cm³/mol. The lowest BCUT2D eigenvalue weighted by molar-refractivity contribution is 0.117. The molecule has 0 bridgehead atoms. The van der Waals surface area contributed by atoms with Crippen LogP contribution >= 0.6 is 0 Å². The summed E-state index contributed by atoms with van der Waals surface area (Å²) in [6.07, 6.45) is 10.3. The second kappa shape index (κ2) is 17.9. The van der Waals surface area contributed by atoms with E-state index in [-0.39, 0.29) is 0 Å². The van der Waals surface area contributed by atoms with Crippen molar-refractivity contribution in [1.29, 1.82) is 0 Å². The van der Waals surface area contributed by atoms with Crippen molar-refractivity contribution < 1.29 is 9.47 Å². The highest BCUT2D eigenvalue weighted by atomic mass is 16.5. The summed E-state index contributed by atoms with van der Waals surface area (Å²) < 4.78 is 11.1. The van der Waals surface area contributed by atoms with E-state index in [0.29, 0.717) is 0 Å². The molecule has 0 amide bonds. The van der Waals surface area contributed by atoms with E-state index in [9.17, 15) is 0 Å². The molecule has 0 aliphatic heterocycles. The third kappa shape index (κ3) is 17.9. The maximum Gasteiger partial charge on any atom is 0.0590 e. The summed E-state index contributed by atoms with van der Waals surface area (Å²) in [7, 11) is 0. The van der Waals surface area contributed by atoms with E-state index in [2.05, 4.69) is 19.2 Å². The zero-order valence-corrected chi connectivity index (χ0v) is 13.2. The SMILES string of the molecule is CCCCCCOCCNCCOCCCCCC. The van der Waals surface area contributed by atoms with Gasteiger partial charge in [-0.3, -0.25) is 0 Å². The largest absolute Gasteiger partial charge is 0.380 e. The maximum atomic E-state index is 5.55. The quantitative estimate of drug-likeness (QED) is 0.434. The highest BCUT2D eigenvalue weighted by molar-refractivity contribution is 4.46. The van der Waals surface area contributed by atoms with Crippen LogP contribution in [0.25, 0.3) is 0 Å². The number of hydrogen-bond acceptors (Lipinski definition) is 3. The van der Waals surface area contributed by atoms with E-state index in [1.807, 2.05) is 0 Å². The molecule has 0 heterocycles. The lowest BCUT2D eigenvalue weighted by Crippen LogP contribution is -2.24. The Morgan fingerprint density at radius 3 is 1.47 bits per heavy atom. The molecule has 0 aromatic heterocycles. The molecule has 0 aliphatic rings. The molecule has 0 atom stereocenters. The molecular weight excluding hydrogens is 238 g/mol. The van der Waals surface area contributed by atoms with Gasteiger partial charge in [0, 0.05) is 26.3 Å². The fraction of sp³-hybridized carbons (Fsp3) is 1.00. The zero-order chi connectivity index (χ0) is 14.0. The first-order valence-electron chi connectivity index (χ1n) is 8.28. The van der Waals surface area contributed by atoms with Crippen molar-refractivity contribution in [2.75, 3.05) is 39.5 Å². The molecule has 0 radical (unpaired) electrons. The Kier molecular flexibility index (Phi) is 17.8. The molecule has 0 aromatic carbocycles. The van der Waals surface area contributed by atoms with Gasteiger partial charge in [0.2, 0.25) is 0 Å². The normalized spacial score (nSPS) is 11.1. The van der Waals surface area contributed by atoms with Crippen LogP contribution in [0.2, 0.25) is 0 Å². The Balaban J connectivity index is 2.88. The number of ether oxygens (including phenoxy) is 2. The van der Waals surface area contributed by atoms with Crippen LogP contribution in [0.4, 0.5) is 0 Å². The van der Waals surface area contributed by atoms with E-state index >= 15 is 0 Å². The highest BCUT2D eigenvalue weighted by Gasteiger charge is 1.92. The van der Waals surface area contributed by atoms with Gasteiger partial charge in [0.05, 0.1) is 13.2 Å². The average molecular weight is 273 g/mol. The van der Waals surface area contributed by atoms with Crippen LogP contribution in [0.1, 0.15) is 65.2 Å².